The fourth-order valence-corrected chi connectivity index (χ4v) is 3.49. The normalized spacial score (nSPS) is 12.0. The number of rotatable bonds is 9. The van der Waals surface area contributed by atoms with Gasteiger partial charge in [0.15, 0.2) is 0 Å². The van der Waals surface area contributed by atoms with Crippen molar-refractivity contribution in [2.24, 2.45) is 0 Å². The summed E-state index contributed by atoms with van der Waals surface area (Å²) < 4.78 is 28.8. The van der Waals surface area contributed by atoms with E-state index in [1.807, 2.05) is 25.3 Å². The van der Waals surface area contributed by atoms with Crippen LogP contribution in [-0.2, 0) is 17.9 Å². The van der Waals surface area contributed by atoms with Gasteiger partial charge < -0.3 is 4.90 Å². The molecule has 6 heteroatoms. The van der Waals surface area contributed by atoms with Crippen molar-refractivity contribution in [3.8, 4) is 0 Å². The monoisotopic (exact) mass is 397 g/mol. The van der Waals surface area contributed by atoms with Crippen molar-refractivity contribution in [2.45, 2.75) is 45.3 Å². The van der Waals surface area contributed by atoms with Crippen molar-refractivity contribution in [3.05, 3.63) is 89.8 Å². The van der Waals surface area contributed by atoms with Crippen LogP contribution in [0, 0.1) is 11.6 Å². The molecule has 1 heterocycles. The maximum absolute atomic E-state index is 13.7. The molecule has 2 aromatic carbocycles. The quantitative estimate of drug-likeness (QED) is 0.503. The Morgan fingerprint density at radius 3 is 2.55 bits per heavy atom. The smallest absolute Gasteiger partial charge is 0.223 e. The number of nitrogens with zero attached hydrogens (tertiary/aromatic N) is 3. The highest BCUT2D eigenvalue weighted by Gasteiger charge is 2.24. The zero-order chi connectivity index (χ0) is 20.6. The van der Waals surface area contributed by atoms with Crippen LogP contribution in [-0.4, -0.2) is 20.6 Å². The molecule has 0 radical (unpaired) electrons. The Morgan fingerprint density at radius 1 is 1.10 bits per heavy atom. The van der Waals surface area contributed by atoms with Gasteiger partial charge in [-0.3, -0.25) is 9.48 Å². The Balaban J connectivity index is 1.79. The molecule has 0 bridgehead atoms. The summed E-state index contributed by atoms with van der Waals surface area (Å²) in [6.07, 6.45) is 5.25. The molecule has 1 unspecified atom stereocenters. The number of carbonyl (C=O) groups is 1. The van der Waals surface area contributed by atoms with Gasteiger partial charge in [-0.2, -0.15) is 5.10 Å². The van der Waals surface area contributed by atoms with Crippen LogP contribution in [0.25, 0.3) is 0 Å². The molecule has 1 aromatic heterocycles. The molecule has 0 saturated heterocycles. The van der Waals surface area contributed by atoms with Gasteiger partial charge in [-0.25, -0.2) is 8.78 Å². The molecule has 0 fully saturated rings. The molecular formula is C23H25F2N3O. The van der Waals surface area contributed by atoms with Crippen LogP contribution < -0.4 is 0 Å². The van der Waals surface area contributed by atoms with Gasteiger partial charge in [0.25, 0.3) is 0 Å². The average Bonchev–Trinajstić information content (AvgIpc) is 3.22. The second-order valence-electron chi connectivity index (χ2n) is 7.00. The number of amides is 1. The van der Waals surface area contributed by atoms with Crippen molar-refractivity contribution in [1.29, 1.82) is 0 Å². The highest BCUT2D eigenvalue weighted by atomic mass is 19.1. The Morgan fingerprint density at radius 2 is 1.90 bits per heavy atom. The van der Waals surface area contributed by atoms with E-state index in [1.165, 1.54) is 24.3 Å². The third kappa shape index (κ3) is 5.73. The zero-order valence-electron chi connectivity index (χ0n) is 16.5. The summed E-state index contributed by atoms with van der Waals surface area (Å²) in [5.41, 5.74) is 1.59. The second kappa shape index (κ2) is 9.96. The van der Waals surface area contributed by atoms with Crippen molar-refractivity contribution in [3.63, 3.8) is 0 Å². The number of aromatic nitrogens is 2. The summed E-state index contributed by atoms with van der Waals surface area (Å²) >= 11 is 0. The number of benzene rings is 2. The van der Waals surface area contributed by atoms with E-state index in [9.17, 15) is 13.6 Å². The van der Waals surface area contributed by atoms with Crippen LogP contribution in [0.15, 0.2) is 67.0 Å². The predicted octanol–water partition coefficient (Wildman–Crippen LogP) is 5.12. The standard InChI is InChI=1S/C23H25F2N3O/c1-2-22(19-9-11-20(24)12-10-19)28(17-18-6-3-7-21(25)16-18)23(29)8-4-14-27-15-5-13-26-27/h3,5-7,9-13,15-16,22H,2,4,8,14,17H2,1H3. The van der Waals surface area contributed by atoms with Gasteiger partial charge in [-0.1, -0.05) is 31.2 Å². The number of carbonyl (C=O) groups excluding carboxylic acids is 1. The van der Waals surface area contributed by atoms with E-state index in [2.05, 4.69) is 5.10 Å². The summed E-state index contributed by atoms with van der Waals surface area (Å²) in [5.74, 6) is -0.660. The maximum atomic E-state index is 13.7. The number of hydrogen-bond acceptors (Lipinski definition) is 2. The van der Waals surface area contributed by atoms with Crippen molar-refractivity contribution in [1.82, 2.24) is 14.7 Å². The van der Waals surface area contributed by atoms with Gasteiger partial charge in [0.1, 0.15) is 11.6 Å². The summed E-state index contributed by atoms with van der Waals surface area (Å²) in [5, 5.41) is 4.16. The molecule has 3 aromatic rings. The first kappa shape index (κ1) is 20.7. The first-order chi connectivity index (χ1) is 14.1. The third-order valence-corrected chi connectivity index (χ3v) is 4.92. The molecule has 29 heavy (non-hydrogen) atoms. The zero-order valence-corrected chi connectivity index (χ0v) is 16.5. The summed E-state index contributed by atoms with van der Waals surface area (Å²) in [6, 6.07) is 14.1. The van der Waals surface area contributed by atoms with E-state index in [4.69, 9.17) is 0 Å². The van der Waals surface area contributed by atoms with Crippen LogP contribution >= 0.6 is 0 Å². The molecular weight excluding hydrogens is 372 g/mol. The highest BCUT2D eigenvalue weighted by Crippen LogP contribution is 2.27. The Kier molecular flexibility index (Phi) is 7.11. The van der Waals surface area contributed by atoms with E-state index >= 15 is 0 Å². The van der Waals surface area contributed by atoms with Gasteiger partial charge in [0, 0.05) is 31.9 Å². The first-order valence-corrected chi connectivity index (χ1v) is 9.83. The summed E-state index contributed by atoms with van der Waals surface area (Å²) in [7, 11) is 0. The van der Waals surface area contributed by atoms with Gasteiger partial charge in [0.2, 0.25) is 5.91 Å². The van der Waals surface area contributed by atoms with Crippen LogP contribution in [0.4, 0.5) is 8.78 Å². The lowest BCUT2D eigenvalue weighted by atomic mass is 10.0. The number of aryl methyl sites for hydroxylation is 1. The molecule has 3 rings (SSSR count). The molecule has 4 nitrogen and oxygen atoms in total. The second-order valence-corrected chi connectivity index (χ2v) is 7.00. The molecule has 0 N–H and O–H groups in total. The van der Waals surface area contributed by atoms with Crippen molar-refractivity contribution < 1.29 is 13.6 Å². The number of halogens is 2. The minimum Gasteiger partial charge on any atom is -0.331 e. The highest BCUT2D eigenvalue weighted by molar-refractivity contribution is 5.76. The van der Waals surface area contributed by atoms with Crippen LogP contribution in [0.3, 0.4) is 0 Å². The van der Waals surface area contributed by atoms with Crippen LogP contribution in [0.5, 0.6) is 0 Å². The van der Waals surface area contributed by atoms with Crippen LogP contribution in [0.1, 0.15) is 43.4 Å². The molecule has 1 amide bonds. The van der Waals surface area contributed by atoms with E-state index < -0.39 is 0 Å². The van der Waals surface area contributed by atoms with Crippen LogP contribution in [0.2, 0.25) is 0 Å². The summed E-state index contributed by atoms with van der Waals surface area (Å²) in [4.78, 5) is 14.9. The van der Waals surface area contributed by atoms with E-state index in [-0.39, 0.29) is 23.6 Å². The maximum Gasteiger partial charge on any atom is 0.223 e. The third-order valence-electron chi connectivity index (χ3n) is 4.92. The predicted molar refractivity (Wildman–Crippen MR) is 108 cm³/mol. The lowest BCUT2D eigenvalue weighted by Crippen LogP contribution is -2.34. The fourth-order valence-electron chi connectivity index (χ4n) is 3.49. The largest absolute Gasteiger partial charge is 0.331 e. The molecule has 0 aliphatic carbocycles. The molecule has 0 aliphatic heterocycles. The van der Waals surface area contributed by atoms with Gasteiger partial charge in [-0.15, -0.1) is 0 Å². The first-order valence-electron chi connectivity index (χ1n) is 9.83. The molecule has 1 atom stereocenters. The van der Waals surface area contributed by atoms with Gasteiger partial charge >= 0.3 is 0 Å². The Hall–Kier alpha value is -3.02. The minimum absolute atomic E-state index is 0.0161. The summed E-state index contributed by atoms with van der Waals surface area (Å²) in [6.45, 7) is 2.94. The minimum atomic E-state index is -0.330. The fraction of sp³-hybridized carbons (Fsp3) is 0.304. The molecule has 0 spiro atoms. The lowest BCUT2D eigenvalue weighted by molar-refractivity contribution is -0.134. The Labute approximate surface area is 169 Å². The average molecular weight is 397 g/mol. The molecule has 0 saturated carbocycles. The van der Waals surface area contributed by atoms with E-state index in [0.717, 1.165) is 11.1 Å². The van der Waals surface area contributed by atoms with Crippen molar-refractivity contribution >= 4 is 5.91 Å². The SMILES string of the molecule is CCC(c1ccc(F)cc1)N(Cc1cccc(F)c1)C(=O)CCCn1cccn1. The lowest BCUT2D eigenvalue weighted by Gasteiger charge is -2.32. The number of hydrogen-bond donors (Lipinski definition) is 0. The topological polar surface area (TPSA) is 38.1 Å². The Bertz CT molecular complexity index is 910. The van der Waals surface area contributed by atoms with Gasteiger partial charge in [0.05, 0.1) is 6.04 Å². The van der Waals surface area contributed by atoms with Crippen molar-refractivity contribution in [2.75, 3.05) is 0 Å². The van der Waals surface area contributed by atoms with E-state index in [1.54, 1.807) is 34.0 Å². The molecule has 0 aliphatic rings. The van der Waals surface area contributed by atoms with E-state index in [0.29, 0.717) is 32.4 Å². The van der Waals surface area contributed by atoms with Gasteiger partial charge in [-0.05, 0) is 54.3 Å². The molecule has 152 valence electrons.